The predicted molar refractivity (Wildman–Crippen MR) is 99.2 cm³/mol. The number of nitrogens with one attached hydrogen (secondary N) is 1. The molecule has 0 saturated heterocycles. The van der Waals surface area contributed by atoms with Crippen LogP contribution in [0.15, 0.2) is 47.4 Å². The van der Waals surface area contributed by atoms with Crippen molar-refractivity contribution in [3.8, 4) is 0 Å². The summed E-state index contributed by atoms with van der Waals surface area (Å²) in [4.78, 5) is 24.3. The van der Waals surface area contributed by atoms with E-state index < -0.39 is 27.8 Å². The molecule has 1 amide bonds. The summed E-state index contributed by atoms with van der Waals surface area (Å²) in [5.41, 5.74) is 1.48. The molecule has 6 nitrogen and oxygen atoms in total. The summed E-state index contributed by atoms with van der Waals surface area (Å²) in [6.07, 6.45) is -0.0822. The molecule has 1 N–H and O–H groups in total. The fourth-order valence-electron chi connectivity index (χ4n) is 2.14. The number of anilines is 1. The second-order valence-electron chi connectivity index (χ2n) is 5.77. The Morgan fingerprint density at radius 3 is 2.42 bits per heavy atom. The summed E-state index contributed by atoms with van der Waals surface area (Å²) in [6.45, 7) is 3.27. The first kappa shape index (κ1) is 19.9. The Morgan fingerprint density at radius 1 is 1.15 bits per heavy atom. The molecule has 8 heteroatoms. The van der Waals surface area contributed by atoms with Gasteiger partial charge in [-0.15, -0.1) is 0 Å². The van der Waals surface area contributed by atoms with E-state index >= 15 is 0 Å². The van der Waals surface area contributed by atoms with Crippen molar-refractivity contribution in [2.45, 2.75) is 24.8 Å². The lowest BCUT2D eigenvalue weighted by molar-refractivity contribution is -0.123. The quantitative estimate of drug-likeness (QED) is 0.785. The van der Waals surface area contributed by atoms with Crippen LogP contribution < -0.4 is 5.32 Å². The first-order chi connectivity index (χ1) is 12.1. The molecule has 0 aliphatic rings. The third kappa shape index (κ3) is 4.83. The molecule has 2 rings (SSSR count). The van der Waals surface area contributed by atoms with E-state index in [0.29, 0.717) is 5.69 Å². The van der Waals surface area contributed by atoms with Gasteiger partial charge in [-0.25, -0.2) is 13.2 Å². The molecule has 138 valence electrons. The van der Waals surface area contributed by atoms with Gasteiger partial charge in [0, 0.05) is 11.9 Å². The molecular weight excluding hydrogens is 378 g/mol. The molecule has 0 spiro atoms. The summed E-state index contributed by atoms with van der Waals surface area (Å²) in [5, 5.41) is 2.69. The Balaban J connectivity index is 2.12. The minimum Gasteiger partial charge on any atom is -0.449 e. The smallest absolute Gasteiger partial charge is 0.338 e. The first-order valence-corrected chi connectivity index (χ1v) is 9.93. The van der Waals surface area contributed by atoms with Gasteiger partial charge in [-0.05, 0) is 43.7 Å². The van der Waals surface area contributed by atoms with E-state index in [0.717, 1.165) is 17.9 Å². The molecule has 0 aromatic heterocycles. The Bertz CT molecular complexity index is 956. The summed E-state index contributed by atoms with van der Waals surface area (Å²) in [6, 6.07) is 11.0. The highest BCUT2D eigenvalue weighted by molar-refractivity contribution is 7.90. The van der Waals surface area contributed by atoms with Crippen LogP contribution in [0.4, 0.5) is 5.69 Å². The second kappa shape index (κ2) is 7.88. The van der Waals surface area contributed by atoms with Crippen LogP contribution >= 0.6 is 11.6 Å². The second-order valence-corrected chi connectivity index (χ2v) is 8.16. The lowest BCUT2D eigenvalue weighted by Gasteiger charge is -2.15. The zero-order valence-corrected chi connectivity index (χ0v) is 16.0. The maximum absolute atomic E-state index is 12.2. The van der Waals surface area contributed by atoms with E-state index in [1.165, 1.54) is 19.1 Å². The molecule has 2 aromatic carbocycles. The number of ether oxygens (including phenoxy) is 1. The van der Waals surface area contributed by atoms with Crippen LogP contribution in [-0.2, 0) is 19.4 Å². The van der Waals surface area contributed by atoms with E-state index in [9.17, 15) is 18.0 Å². The van der Waals surface area contributed by atoms with Gasteiger partial charge in [0.1, 0.15) is 0 Å². The van der Waals surface area contributed by atoms with Gasteiger partial charge in [0.2, 0.25) is 0 Å². The van der Waals surface area contributed by atoms with Crippen LogP contribution in [0.2, 0.25) is 5.02 Å². The molecule has 0 radical (unpaired) electrons. The molecule has 0 aliphatic carbocycles. The van der Waals surface area contributed by atoms with Gasteiger partial charge >= 0.3 is 5.97 Å². The summed E-state index contributed by atoms with van der Waals surface area (Å²) in [5.74, 6) is -1.32. The van der Waals surface area contributed by atoms with Gasteiger partial charge in [0.15, 0.2) is 15.9 Å². The fourth-order valence-corrected chi connectivity index (χ4v) is 3.45. The van der Waals surface area contributed by atoms with Crippen LogP contribution in [0, 0.1) is 6.92 Å². The van der Waals surface area contributed by atoms with Crippen LogP contribution in [0.3, 0.4) is 0 Å². The van der Waals surface area contributed by atoms with Gasteiger partial charge in [0.05, 0.1) is 15.5 Å². The number of carbonyl (C=O) groups excluding carboxylic acids is 2. The number of rotatable bonds is 5. The molecule has 2 aromatic rings. The minimum absolute atomic E-state index is 0.00870. The van der Waals surface area contributed by atoms with E-state index in [2.05, 4.69) is 5.32 Å². The first-order valence-electron chi connectivity index (χ1n) is 7.66. The standard InChI is InChI=1S/C18H18ClNO5S/c1-11-6-4-5-7-15(11)20-17(21)12(2)25-18(22)13-8-9-14(19)16(10-13)26(3,23)24/h4-10,12H,1-3H3,(H,20,21). The fraction of sp³-hybridized carbons (Fsp3) is 0.222. The van der Waals surface area contributed by atoms with Gasteiger partial charge in [-0.1, -0.05) is 29.8 Å². The van der Waals surface area contributed by atoms with Crippen molar-refractivity contribution in [1.29, 1.82) is 0 Å². The average molecular weight is 396 g/mol. The molecule has 0 heterocycles. The van der Waals surface area contributed by atoms with Crippen LogP contribution in [0.5, 0.6) is 0 Å². The maximum atomic E-state index is 12.2. The van der Waals surface area contributed by atoms with Crippen molar-refractivity contribution in [3.63, 3.8) is 0 Å². The number of carbonyl (C=O) groups is 2. The summed E-state index contributed by atoms with van der Waals surface area (Å²) in [7, 11) is -3.60. The Morgan fingerprint density at radius 2 is 1.81 bits per heavy atom. The third-order valence-corrected chi connectivity index (χ3v) is 5.20. The van der Waals surface area contributed by atoms with Crippen LogP contribution in [0.25, 0.3) is 0 Å². The van der Waals surface area contributed by atoms with Gasteiger partial charge in [-0.3, -0.25) is 4.79 Å². The Kier molecular flexibility index (Phi) is 6.05. The SMILES string of the molecule is Cc1ccccc1NC(=O)C(C)OC(=O)c1ccc(Cl)c(S(C)(=O)=O)c1. The predicted octanol–water partition coefficient (Wildman–Crippen LogP) is 3.24. The number of aryl methyl sites for hydroxylation is 1. The largest absolute Gasteiger partial charge is 0.449 e. The van der Waals surface area contributed by atoms with Gasteiger partial charge in [-0.2, -0.15) is 0 Å². The Labute approximate surface area is 157 Å². The van der Waals surface area contributed by atoms with Crippen molar-refractivity contribution < 1.29 is 22.7 Å². The monoisotopic (exact) mass is 395 g/mol. The minimum atomic E-state index is -3.60. The number of halogens is 1. The zero-order valence-electron chi connectivity index (χ0n) is 14.4. The highest BCUT2D eigenvalue weighted by Crippen LogP contribution is 2.23. The van der Waals surface area contributed by atoms with Crippen molar-refractivity contribution >= 4 is 39.0 Å². The van der Waals surface area contributed by atoms with E-state index in [1.54, 1.807) is 12.1 Å². The number of hydrogen-bond acceptors (Lipinski definition) is 5. The van der Waals surface area contributed by atoms with Gasteiger partial charge in [0.25, 0.3) is 5.91 Å². The molecule has 0 fully saturated rings. The number of para-hydroxylation sites is 1. The Hall–Kier alpha value is -2.38. The number of esters is 1. The van der Waals surface area contributed by atoms with Gasteiger partial charge < -0.3 is 10.1 Å². The number of amides is 1. The molecular formula is C18H18ClNO5S. The zero-order chi connectivity index (χ0) is 19.5. The highest BCUT2D eigenvalue weighted by atomic mass is 35.5. The van der Waals surface area contributed by atoms with Crippen molar-refractivity contribution in [2.24, 2.45) is 0 Å². The maximum Gasteiger partial charge on any atom is 0.338 e. The molecule has 1 unspecified atom stereocenters. The normalized spacial score (nSPS) is 12.3. The highest BCUT2D eigenvalue weighted by Gasteiger charge is 2.21. The number of sulfone groups is 1. The average Bonchev–Trinajstić information content (AvgIpc) is 2.56. The van der Waals surface area contributed by atoms with Crippen molar-refractivity contribution in [3.05, 3.63) is 58.6 Å². The summed E-state index contributed by atoms with van der Waals surface area (Å²) < 4.78 is 28.5. The lowest BCUT2D eigenvalue weighted by atomic mass is 10.2. The van der Waals surface area contributed by atoms with Crippen LogP contribution in [-0.4, -0.2) is 32.7 Å². The van der Waals surface area contributed by atoms with E-state index in [1.807, 2.05) is 19.1 Å². The summed E-state index contributed by atoms with van der Waals surface area (Å²) >= 11 is 5.85. The molecule has 1 atom stereocenters. The number of hydrogen-bond donors (Lipinski definition) is 1. The topological polar surface area (TPSA) is 89.5 Å². The van der Waals surface area contributed by atoms with E-state index in [-0.39, 0.29) is 15.5 Å². The van der Waals surface area contributed by atoms with E-state index in [4.69, 9.17) is 16.3 Å². The third-order valence-electron chi connectivity index (χ3n) is 3.62. The molecule has 0 saturated carbocycles. The van der Waals surface area contributed by atoms with Crippen LogP contribution in [0.1, 0.15) is 22.8 Å². The van der Waals surface area contributed by atoms with Crippen molar-refractivity contribution in [1.82, 2.24) is 0 Å². The van der Waals surface area contributed by atoms with Crippen molar-refractivity contribution in [2.75, 3.05) is 11.6 Å². The molecule has 26 heavy (non-hydrogen) atoms. The number of benzene rings is 2. The molecule has 0 aliphatic heterocycles. The molecule has 0 bridgehead atoms. The lowest BCUT2D eigenvalue weighted by Crippen LogP contribution is -2.30.